The lowest BCUT2D eigenvalue weighted by atomic mass is 9.97. The van der Waals surface area contributed by atoms with Crippen LogP contribution in [0.2, 0.25) is 0 Å². The topological polar surface area (TPSA) is 104 Å². The summed E-state index contributed by atoms with van der Waals surface area (Å²) >= 11 is 0. The summed E-state index contributed by atoms with van der Waals surface area (Å²) < 4.78 is 12.4. The zero-order valence-corrected chi connectivity index (χ0v) is 17.5. The van der Waals surface area contributed by atoms with E-state index in [0.717, 1.165) is 22.8 Å². The second-order valence-corrected chi connectivity index (χ2v) is 7.48. The number of ether oxygens (including phenoxy) is 2. The van der Waals surface area contributed by atoms with E-state index < -0.39 is 11.9 Å². The molecule has 160 valence electrons. The molecule has 0 bridgehead atoms. The molecule has 2 aromatic rings. The maximum Gasteiger partial charge on any atom is 0.340 e. The predicted molar refractivity (Wildman–Crippen MR) is 111 cm³/mol. The Kier molecular flexibility index (Phi) is 6.44. The number of benzene rings is 1. The SMILES string of the molecule is COc1ccc(-n2c(C)cc(C(=O)OCC(=O)N3CCC[C@@H](C(N)=O)C3)c2C)cc1. The summed E-state index contributed by atoms with van der Waals surface area (Å²) in [5, 5.41) is 0. The van der Waals surface area contributed by atoms with Crippen molar-refractivity contribution in [1.29, 1.82) is 0 Å². The third-order valence-electron chi connectivity index (χ3n) is 5.48. The summed E-state index contributed by atoms with van der Waals surface area (Å²) in [6.45, 7) is 4.18. The van der Waals surface area contributed by atoms with E-state index in [0.29, 0.717) is 24.9 Å². The molecule has 8 nitrogen and oxygen atoms in total. The molecule has 0 spiro atoms. The van der Waals surface area contributed by atoms with Crippen molar-refractivity contribution < 1.29 is 23.9 Å². The molecule has 1 aromatic heterocycles. The Morgan fingerprint density at radius 2 is 1.87 bits per heavy atom. The highest BCUT2D eigenvalue weighted by atomic mass is 16.5. The van der Waals surface area contributed by atoms with Crippen LogP contribution in [0.3, 0.4) is 0 Å². The lowest BCUT2D eigenvalue weighted by Crippen LogP contribution is -2.45. The average molecular weight is 413 g/mol. The molecule has 0 unspecified atom stereocenters. The fraction of sp³-hybridized carbons (Fsp3) is 0.409. The Balaban J connectivity index is 1.67. The van der Waals surface area contributed by atoms with Gasteiger partial charge in [0.15, 0.2) is 6.61 Å². The van der Waals surface area contributed by atoms with Gasteiger partial charge in [0.1, 0.15) is 5.75 Å². The Hall–Kier alpha value is -3.29. The summed E-state index contributed by atoms with van der Waals surface area (Å²) in [5.41, 5.74) is 8.25. The van der Waals surface area contributed by atoms with Crippen LogP contribution in [0.15, 0.2) is 30.3 Å². The van der Waals surface area contributed by atoms with Gasteiger partial charge < -0.3 is 24.7 Å². The second kappa shape index (κ2) is 9.02. The first-order valence-corrected chi connectivity index (χ1v) is 9.89. The molecule has 2 amide bonds. The number of hydrogen-bond donors (Lipinski definition) is 1. The van der Waals surface area contributed by atoms with Crippen molar-refractivity contribution in [2.45, 2.75) is 26.7 Å². The molecule has 0 saturated carbocycles. The third kappa shape index (κ3) is 4.48. The van der Waals surface area contributed by atoms with Gasteiger partial charge in [-0.25, -0.2) is 4.79 Å². The first-order valence-electron chi connectivity index (χ1n) is 9.89. The standard InChI is InChI=1S/C22H27N3O5/c1-14-11-19(15(2)25(14)17-6-8-18(29-3)9-7-17)22(28)30-13-20(26)24-10-4-5-16(12-24)21(23)27/h6-9,11,16H,4-5,10,12-13H2,1-3H3,(H2,23,27)/t16-/m1/s1. The normalized spacial score (nSPS) is 16.2. The number of amides is 2. The summed E-state index contributed by atoms with van der Waals surface area (Å²) in [6, 6.07) is 9.26. The largest absolute Gasteiger partial charge is 0.497 e. The van der Waals surface area contributed by atoms with Crippen LogP contribution in [-0.2, 0) is 14.3 Å². The Bertz CT molecular complexity index is 948. The quantitative estimate of drug-likeness (QED) is 0.730. The lowest BCUT2D eigenvalue weighted by molar-refractivity contribution is -0.137. The number of hydrogen-bond acceptors (Lipinski definition) is 5. The molecule has 0 radical (unpaired) electrons. The number of primary amides is 1. The summed E-state index contributed by atoms with van der Waals surface area (Å²) in [5.74, 6) is -0.883. The Labute approximate surface area is 175 Å². The second-order valence-electron chi connectivity index (χ2n) is 7.48. The van der Waals surface area contributed by atoms with Gasteiger partial charge in [-0.15, -0.1) is 0 Å². The minimum atomic E-state index is -0.556. The van der Waals surface area contributed by atoms with Gasteiger partial charge in [0.2, 0.25) is 5.91 Å². The molecular formula is C22H27N3O5. The minimum absolute atomic E-state index is 0.275. The highest BCUT2D eigenvalue weighted by Crippen LogP contribution is 2.23. The van der Waals surface area contributed by atoms with Gasteiger partial charge in [-0.1, -0.05) is 0 Å². The van der Waals surface area contributed by atoms with Crippen molar-refractivity contribution in [3.8, 4) is 11.4 Å². The van der Waals surface area contributed by atoms with Gasteiger partial charge >= 0.3 is 5.97 Å². The van der Waals surface area contributed by atoms with E-state index in [-0.39, 0.29) is 25.0 Å². The van der Waals surface area contributed by atoms with Gasteiger partial charge in [-0.3, -0.25) is 9.59 Å². The number of likely N-dealkylation sites (tertiary alicyclic amines) is 1. The number of nitrogens with zero attached hydrogens (tertiary/aromatic N) is 2. The monoisotopic (exact) mass is 413 g/mol. The number of aromatic nitrogens is 1. The highest BCUT2D eigenvalue weighted by molar-refractivity contribution is 5.93. The van der Waals surface area contributed by atoms with E-state index in [2.05, 4.69) is 0 Å². The predicted octanol–water partition coefficient (Wildman–Crippen LogP) is 1.98. The molecule has 1 aliphatic heterocycles. The van der Waals surface area contributed by atoms with Gasteiger partial charge in [0, 0.05) is 30.2 Å². The summed E-state index contributed by atoms with van der Waals surface area (Å²) in [4.78, 5) is 38.0. The van der Waals surface area contributed by atoms with E-state index in [1.54, 1.807) is 13.2 Å². The first-order chi connectivity index (χ1) is 14.3. The fourth-order valence-corrected chi connectivity index (χ4v) is 3.83. The van der Waals surface area contributed by atoms with Crippen molar-refractivity contribution in [1.82, 2.24) is 9.47 Å². The van der Waals surface area contributed by atoms with E-state index in [1.165, 1.54) is 4.90 Å². The van der Waals surface area contributed by atoms with Gasteiger partial charge in [-0.05, 0) is 57.0 Å². The van der Waals surface area contributed by atoms with Crippen LogP contribution in [0.1, 0.15) is 34.6 Å². The summed E-state index contributed by atoms with van der Waals surface area (Å²) in [6.07, 6.45) is 1.38. The van der Waals surface area contributed by atoms with Crippen LogP contribution in [0.5, 0.6) is 5.75 Å². The maximum atomic E-state index is 12.6. The Morgan fingerprint density at radius 3 is 2.50 bits per heavy atom. The van der Waals surface area contributed by atoms with E-state index >= 15 is 0 Å². The molecule has 30 heavy (non-hydrogen) atoms. The average Bonchev–Trinajstić information content (AvgIpc) is 3.05. The molecule has 1 saturated heterocycles. The van der Waals surface area contributed by atoms with Crippen LogP contribution in [0.4, 0.5) is 0 Å². The molecule has 1 aliphatic rings. The third-order valence-corrected chi connectivity index (χ3v) is 5.48. The molecule has 2 heterocycles. The minimum Gasteiger partial charge on any atom is -0.497 e. The van der Waals surface area contributed by atoms with Gasteiger partial charge in [0.05, 0.1) is 18.6 Å². The van der Waals surface area contributed by atoms with Crippen molar-refractivity contribution in [3.05, 3.63) is 47.3 Å². The van der Waals surface area contributed by atoms with Gasteiger partial charge in [0.25, 0.3) is 5.91 Å². The zero-order valence-electron chi connectivity index (χ0n) is 17.5. The zero-order chi connectivity index (χ0) is 21.8. The van der Waals surface area contributed by atoms with E-state index in [1.807, 2.05) is 42.7 Å². The molecule has 1 atom stereocenters. The van der Waals surface area contributed by atoms with Crippen LogP contribution in [-0.4, -0.2) is 54.1 Å². The maximum absolute atomic E-state index is 12.6. The van der Waals surface area contributed by atoms with E-state index in [4.69, 9.17) is 15.2 Å². The number of aryl methyl sites for hydroxylation is 1. The van der Waals surface area contributed by atoms with Crippen LogP contribution >= 0.6 is 0 Å². The van der Waals surface area contributed by atoms with Crippen molar-refractivity contribution in [2.24, 2.45) is 11.7 Å². The number of methoxy groups -OCH3 is 1. The fourth-order valence-electron chi connectivity index (χ4n) is 3.83. The van der Waals surface area contributed by atoms with E-state index in [9.17, 15) is 14.4 Å². The molecule has 1 aromatic carbocycles. The molecular weight excluding hydrogens is 386 g/mol. The molecule has 0 aliphatic carbocycles. The number of esters is 1. The number of carbonyl (C=O) groups is 3. The molecule has 1 fully saturated rings. The molecule has 8 heteroatoms. The van der Waals surface area contributed by atoms with Crippen molar-refractivity contribution in [3.63, 3.8) is 0 Å². The smallest absolute Gasteiger partial charge is 0.340 e. The summed E-state index contributed by atoms with van der Waals surface area (Å²) in [7, 11) is 1.61. The first kappa shape index (κ1) is 21.4. The molecule has 3 rings (SSSR count). The lowest BCUT2D eigenvalue weighted by Gasteiger charge is -2.31. The van der Waals surface area contributed by atoms with Gasteiger partial charge in [-0.2, -0.15) is 0 Å². The van der Waals surface area contributed by atoms with Crippen molar-refractivity contribution in [2.75, 3.05) is 26.8 Å². The van der Waals surface area contributed by atoms with Crippen LogP contribution in [0, 0.1) is 19.8 Å². The Morgan fingerprint density at radius 1 is 1.17 bits per heavy atom. The number of carbonyl (C=O) groups excluding carboxylic acids is 3. The number of nitrogens with two attached hydrogens (primary N) is 1. The highest BCUT2D eigenvalue weighted by Gasteiger charge is 2.28. The molecule has 2 N–H and O–H groups in total. The number of piperidine rings is 1. The number of rotatable bonds is 6. The van der Waals surface area contributed by atoms with Crippen LogP contribution < -0.4 is 10.5 Å². The van der Waals surface area contributed by atoms with Crippen molar-refractivity contribution >= 4 is 17.8 Å². The van der Waals surface area contributed by atoms with Crippen LogP contribution in [0.25, 0.3) is 5.69 Å².